The van der Waals surface area contributed by atoms with Gasteiger partial charge in [-0.3, -0.25) is 4.90 Å². The Morgan fingerprint density at radius 3 is 2.65 bits per heavy atom. The molecule has 2 fully saturated rings. The van der Waals surface area contributed by atoms with E-state index in [1.165, 1.54) is 38.6 Å². The number of hydrogen-bond acceptors (Lipinski definition) is 3. The number of nitrogens with zero attached hydrogens (tertiary/aromatic N) is 1. The van der Waals surface area contributed by atoms with Crippen molar-refractivity contribution in [2.75, 3.05) is 26.2 Å². The predicted octanol–water partition coefficient (Wildman–Crippen LogP) is 1.45. The van der Waals surface area contributed by atoms with Crippen LogP contribution in [-0.2, 0) is 0 Å². The molecule has 0 amide bonds. The number of nitrogens with two attached hydrogens (primary N) is 1. The van der Waals surface area contributed by atoms with Crippen LogP contribution in [0.2, 0.25) is 0 Å². The van der Waals surface area contributed by atoms with Gasteiger partial charge in [0.15, 0.2) is 0 Å². The third kappa shape index (κ3) is 3.01. The Bertz CT molecular complexity index is 234. The normalized spacial score (nSPS) is 39.7. The van der Waals surface area contributed by atoms with Crippen LogP contribution in [0, 0.1) is 17.8 Å². The van der Waals surface area contributed by atoms with Gasteiger partial charge in [-0.1, -0.05) is 19.8 Å². The first-order valence-corrected chi connectivity index (χ1v) is 7.33. The highest BCUT2D eigenvalue weighted by Gasteiger charge is 2.36. The largest absolute Gasteiger partial charge is 0.396 e. The van der Waals surface area contributed by atoms with Gasteiger partial charge in [0.2, 0.25) is 0 Å². The zero-order valence-corrected chi connectivity index (χ0v) is 11.1. The summed E-state index contributed by atoms with van der Waals surface area (Å²) < 4.78 is 0. The summed E-state index contributed by atoms with van der Waals surface area (Å²) in [6.07, 6.45) is 6.48. The van der Waals surface area contributed by atoms with Crippen molar-refractivity contribution in [2.45, 2.75) is 45.1 Å². The van der Waals surface area contributed by atoms with Gasteiger partial charge in [0.25, 0.3) is 0 Å². The lowest BCUT2D eigenvalue weighted by Gasteiger charge is -2.41. The van der Waals surface area contributed by atoms with E-state index < -0.39 is 0 Å². The Morgan fingerprint density at radius 2 is 2.06 bits per heavy atom. The second-order valence-corrected chi connectivity index (χ2v) is 5.98. The van der Waals surface area contributed by atoms with E-state index in [9.17, 15) is 5.11 Å². The molecule has 3 nitrogen and oxygen atoms in total. The molecular weight excluding hydrogens is 212 g/mol. The monoisotopic (exact) mass is 240 g/mol. The molecule has 1 aliphatic heterocycles. The van der Waals surface area contributed by atoms with E-state index in [1.54, 1.807) is 0 Å². The number of rotatable bonds is 4. The molecule has 4 unspecified atom stereocenters. The molecule has 0 spiro atoms. The van der Waals surface area contributed by atoms with Crippen LogP contribution >= 0.6 is 0 Å². The standard InChI is InChI=1S/C14H28N2O/c1-2-11-3-4-13(8-15)14(7-11)16-6-5-12(9-16)10-17/h11-14,17H,2-10,15H2,1H3. The fraction of sp³-hybridized carbons (Fsp3) is 1.00. The maximum Gasteiger partial charge on any atom is 0.0471 e. The SMILES string of the molecule is CCC1CCC(CN)C(N2CCC(CO)C2)C1. The summed E-state index contributed by atoms with van der Waals surface area (Å²) in [5, 5.41) is 9.25. The summed E-state index contributed by atoms with van der Waals surface area (Å²) in [6.45, 7) is 5.76. The van der Waals surface area contributed by atoms with Crippen molar-refractivity contribution in [1.82, 2.24) is 4.90 Å². The first-order valence-electron chi connectivity index (χ1n) is 7.33. The predicted molar refractivity (Wildman–Crippen MR) is 70.7 cm³/mol. The maximum absolute atomic E-state index is 9.25. The average molecular weight is 240 g/mol. The Hall–Kier alpha value is -0.120. The number of aliphatic hydroxyl groups excluding tert-OH is 1. The van der Waals surface area contributed by atoms with Gasteiger partial charge in [0.05, 0.1) is 0 Å². The van der Waals surface area contributed by atoms with E-state index in [4.69, 9.17) is 5.73 Å². The van der Waals surface area contributed by atoms with Crippen LogP contribution in [0.3, 0.4) is 0 Å². The van der Waals surface area contributed by atoms with Gasteiger partial charge >= 0.3 is 0 Å². The third-order valence-electron chi connectivity index (χ3n) is 4.99. The molecule has 0 aromatic carbocycles. The van der Waals surface area contributed by atoms with Crippen molar-refractivity contribution in [1.29, 1.82) is 0 Å². The lowest BCUT2D eigenvalue weighted by Crippen LogP contribution is -2.46. The minimum atomic E-state index is 0.355. The summed E-state index contributed by atoms with van der Waals surface area (Å²) in [5.41, 5.74) is 5.94. The first-order chi connectivity index (χ1) is 8.28. The van der Waals surface area contributed by atoms with Crippen LogP contribution in [0.25, 0.3) is 0 Å². The molecule has 17 heavy (non-hydrogen) atoms. The van der Waals surface area contributed by atoms with Gasteiger partial charge in [-0.05, 0) is 50.1 Å². The van der Waals surface area contributed by atoms with Gasteiger partial charge in [0, 0.05) is 19.2 Å². The van der Waals surface area contributed by atoms with Crippen LogP contribution in [0.15, 0.2) is 0 Å². The average Bonchev–Trinajstić information content (AvgIpc) is 2.86. The highest BCUT2D eigenvalue weighted by Crippen LogP contribution is 2.35. The van der Waals surface area contributed by atoms with Gasteiger partial charge in [-0.15, -0.1) is 0 Å². The molecule has 1 saturated carbocycles. The molecule has 1 saturated heterocycles. The smallest absolute Gasteiger partial charge is 0.0471 e. The van der Waals surface area contributed by atoms with Crippen LogP contribution in [-0.4, -0.2) is 42.3 Å². The zero-order valence-electron chi connectivity index (χ0n) is 11.1. The van der Waals surface area contributed by atoms with E-state index in [0.717, 1.165) is 19.0 Å². The lowest BCUT2D eigenvalue weighted by atomic mass is 9.76. The first kappa shape index (κ1) is 13.3. The summed E-state index contributed by atoms with van der Waals surface area (Å²) >= 11 is 0. The van der Waals surface area contributed by atoms with Crippen molar-refractivity contribution in [3.05, 3.63) is 0 Å². The van der Waals surface area contributed by atoms with E-state index in [0.29, 0.717) is 24.5 Å². The van der Waals surface area contributed by atoms with Crippen LogP contribution in [0.1, 0.15) is 39.0 Å². The van der Waals surface area contributed by atoms with Gasteiger partial charge in [0.1, 0.15) is 0 Å². The number of hydrogen-bond donors (Lipinski definition) is 2. The molecule has 0 bridgehead atoms. The van der Waals surface area contributed by atoms with Crippen LogP contribution in [0.5, 0.6) is 0 Å². The minimum Gasteiger partial charge on any atom is -0.396 e. The van der Waals surface area contributed by atoms with Crippen molar-refractivity contribution >= 4 is 0 Å². The highest BCUT2D eigenvalue weighted by molar-refractivity contribution is 4.90. The van der Waals surface area contributed by atoms with E-state index in [2.05, 4.69) is 11.8 Å². The van der Waals surface area contributed by atoms with Crippen molar-refractivity contribution in [3.8, 4) is 0 Å². The Balaban J connectivity index is 1.95. The van der Waals surface area contributed by atoms with Crippen molar-refractivity contribution < 1.29 is 5.11 Å². The summed E-state index contributed by atoms with van der Waals surface area (Å²) in [6, 6.07) is 0.690. The second kappa shape index (κ2) is 6.17. The van der Waals surface area contributed by atoms with E-state index >= 15 is 0 Å². The molecule has 100 valence electrons. The molecule has 1 aliphatic carbocycles. The van der Waals surface area contributed by atoms with Gasteiger partial charge < -0.3 is 10.8 Å². The number of likely N-dealkylation sites (tertiary alicyclic amines) is 1. The highest BCUT2D eigenvalue weighted by atomic mass is 16.3. The Morgan fingerprint density at radius 1 is 1.24 bits per heavy atom. The van der Waals surface area contributed by atoms with Crippen LogP contribution in [0.4, 0.5) is 0 Å². The molecule has 0 aromatic heterocycles. The lowest BCUT2D eigenvalue weighted by molar-refractivity contribution is 0.0935. The van der Waals surface area contributed by atoms with E-state index in [1.807, 2.05) is 0 Å². The van der Waals surface area contributed by atoms with Crippen molar-refractivity contribution in [3.63, 3.8) is 0 Å². The maximum atomic E-state index is 9.25. The molecule has 3 heteroatoms. The fourth-order valence-electron chi connectivity index (χ4n) is 3.70. The molecule has 2 aliphatic rings. The molecule has 0 radical (unpaired) electrons. The third-order valence-corrected chi connectivity index (χ3v) is 4.99. The summed E-state index contributed by atoms with van der Waals surface area (Å²) in [5.74, 6) is 2.10. The fourth-order valence-corrected chi connectivity index (χ4v) is 3.70. The zero-order chi connectivity index (χ0) is 12.3. The Kier molecular flexibility index (Phi) is 4.83. The molecular formula is C14H28N2O. The topological polar surface area (TPSA) is 49.5 Å². The molecule has 2 rings (SSSR count). The quantitative estimate of drug-likeness (QED) is 0.782. The molecule has 0 aromatic rings. The van der Waals surface area contributed by atoms with Gasteiger partial charge in [-0.2, -0.15) is 0 Å². The minimum absolute atomic E-state index is 0.355. The molecule has 3 N–H and O–H groups in total. The van der Waals surface area contributed by atoms with Crippen LogP contribution < -0.4 is 5.73 Å². The summed E-state index contributed by atoms with van der Waals surface area (Å²) in [4.78, 5) is 2.61. The van der Waals surface area contributed by atoms with Gasteiger partial charge in [-0.25, -0.2) is 0 Å². The van der Waals surface area contributed by atoms with Crippen molar-refractivity contribution in [2.24, 2.45) is 23.5 Å². The Labute approximate surface area is 105 Å². The summed E-state index contributed by atoms with van der Waals surface area (Å²) in [7, 11) is 0. The van der Waals surface area contributed by atoms with E-state index in [-0.39, 0.29) is 0 Å². The number of aliphatic hydroxyl groups is 1. The second-order valence-electron chi connectivity index (χ2n) is 5.98. The molecule has 1 heterocycles. The molecule has 4 atom stereocenters.